The zero-order valence-corrected chi connectivity index (χ0v) is 9.09. The first kappa shape index (κ1) is 12.6. The van der Waals surface area contributed by atoms with E-state index in [4.69, 9.17) is 5.26 Å². The van der Waals surface area contributed by atoms with E-state index in [0.29, 0.717) is 18.5 Å². The first-order valence-electron chi connectivity index (χ1n) is 5.06. The van der Waals surface area contributed by atoms with Crippen LogP contribution in [-0.2, 0) is 0 Å². The van der Waals surface area contributed by atoms with Gasteiger partial charge in [0.25, 0.3) is 0 Å². The maximum Gasteiger partial charge on any atom is 0.146 e. The van der Waals surface area contributed by atoms with Gasteiger partial charge in [-0.1, -0.05) is 6.07 Å². The van der Waals surface area contributed by atoms with Crippen LogP contribution in [0.1, 0.15) is 23.8 Å². The van der Waals surface area contributed by atoms with Crippen LogP contribution in [-0.4, -0.2) is 34.9 Å². The van der Waals surface area contributed by atoms with Crippen LogP contribution in [0.3, 0.4) is 0 Å². The summed E-state index contributed by atoms with van der Waals surface area (Å²) in [5.74, 6) is 0. The quantitative estimate of drug-likeness (QED) is 0.649. The Kier molecular flexibility index (Phi) is 4.86. The summed E-state index contributed by atoms with van der Waals surface area (Å²) in [6, 6.07) is 5.11. The standard InChI is InChI=1S/C11H15N3O2/c1-13-6-4-10(15)11(16)8-3-2-5-14-9(8)7-12/h2-3,5,10-11,13,15-16H,4,6H2,1H3. The van der Waals surface area contributed by atoms with E-state index in [-0.39, 0.29) is 5.69 Å². The molecular formula is C11H15N3O2. The predicted molar refractivity (Wildman–Crippen MR) is 58.5 cm³/mol. The van der Waals surface area contributed by atoms with Crippen molar-refractivity contribution in [2.45, 2.75) is 18.6 Å². The molecule has 0 bridgehead atoms. The van der Waals surface area contributed by atoms with Gasteiger partial charge >= 0.3 is 0 Å². The molecule has 5 heteroatoms. The Morgan fingerprint density at radius 3 is 2.94 bits per heavy atom. The summed E-state index contributed by atoms with van der Waals surface area (Å²) >= 11 is 0. The minimum atomic E-state index is -1.07. The molecule has 2 unspecified atom stereocenters. The molecule has 3 N–H and O–H groups in total. The van der Waals surface area contributed by atoms with E-state index >= 15 is 0 Å². The molecule has 0 saturated heterocycles. The molecule has 0 aliphatic carbocycles. The lowest BCUT2D eigenvalue weighted by Crippen LogP contribution is -2.24. The summed E-state index contributed by atoms with van der Waals surface area (Å²) in [5, 5.41) is 31.2. The highest BCUT2D eigenvalue weighted by Crippen LogP contribution is 2.20. The summed E-state index contributed by atoms with van der Waals surface area (Å²) in [6.45, 7) is 0.598. The van der Waals surface area contributed by atoms with Gasteiger partial charge in [-0.05, 0) is 26.1 Å². The largest absolute Gasteiger partial charge is 0.390 e. The Morgan fingerprint density at radius 1 is 1.56 bits per heavy atom. The van der Waals surface area contributed by atoms with Crippen molar-refractivity contribution in [2.24, 2.45) is 0 Å². The number of nitrogens with zero attached hydrogens (tertiary/aromatic N) is 2. The lowest BCUT2D eigenvalue weighted by Gasteiger charge is -2.18. The normalized spacial score (nSPS) is 14.1. The minimum Gasteiger partial charge on any atom is -0.390 e. The van der Waals surface area contributed by atoms with Crippen LogP contribution < -0.4 is 5.32 Å². The number of pyridine rings is 1. The van der Waals surface area contributed by atoms with E-state index in [0.717, 1.165) is 0 Å². The van der Waals surface area contributed by atoms with E-state index in [1.54, 1.807) is 19.2 Å². The van der Waals surface area contributed by atoms with Gasteiger partial charge in [-0.3, -0.25) is 0 Å². The van der Waals surface area contributed by atoms with Crippen LogP contribution in [0.5, 0.6) is 0 Å². The average Bonchev–Trinajstić information content (AvgIpc) is 2.34. The Labute approximate surface area is 94.4 Å². The SMILES string of the molecule is CNCCC(O)C(O)c1cccnc1C#N. The fourth-order valence-electron chi connectivity index (χ4n) is 1.41. The van der Waals surface area contributed by atoms with Crippen LogP contribution in [0.15, 0.2) is 18.3 Å². The first-order valence-corrected chi connectivity index (χ1v) is 5.06. The minimum absolute atomic E-state index is 0.151. The van der Waals surface area contributed by atoms with Gasteiger partial charge < -0.3 is 15.5 Å². The number of rotatable bonds is 5. The Morgan fingerprint density at radius 2 is 2.31 bits per heavy atom. The second-order valence-electron chi connectivity index (χ2n) is 3.46. The molecule has 0 aliphatic heterocycles. The number of nitriles is 1. The molecule has 16 heavy (non-hydrogen) atoms. The highest BCUT2D eigenvalue weighted by atomic mass is 16.3. The zero-order valence-electron chi connectivity index (χ0n) is 9.09. The Balaban J connectivity index is 2.79. The van der Waals surface area contributed by atoms with Gasteiger partial charge in [0.2, 0.25) is 0 Å². The molecule has 0 aliphatic rings. The predicted octanol–water partition coefficient (Wildman–Crippen LogP) is -0.0429. The van der Waals surface area contributed by atoms with Crippen molar-refractivity contribution >= 4 is 0 Å². The van der Waals surface area contributed by atoms with Crippen molar-refractivity contribution in [3.63, 3.8) is 0 Å². The molecule has 0 fully saturated rings. The Hall–Kier alpha value is -1.48. The number of hydrogen-bond acceptors (Lipinski definition) is 5. The number of aliphatic hydroxyl groups is 2. The van der Waals surface area contributed by atoms with Crippen molar-refractivity contribution < 1.29 is 10.2 Å². The first-order chi connectivity index (χ1) is 7.70. The highest BCUT2D eigenvalue weighted by molar-refractivity contribution is 5.32. The molecule has 0 spiro atoms. The van der Waals surface area contributed by atoms with Crippen LogP contribution in [0.25, 0.3) is 0 Å². The maximum absolute atomic E-state index is 9.86. The number of nitrogens with one attached hydrogen (secondary N) is 1. The fraction of sp³-hybridized carbons (Fsp3) is 0.455. The highest BCUT2D eigenvalue weighted by Gasteiger charge is 2.20. The molecule has 0 amide bonds. The van der Waals surface area contributed by atoms with Gasteiger partial charge in [-0.15, -0.1) is 0 Å². The monoisotopic (exact) mass is 221 g/mol. The third-order valence-corrected chi connectivity index (χ3v) is 2.32. The van der Waals surface area contributed by atoms with Crippen molar-refractivity contribution in [3.8, 4) is 6.07 Å². The van der Waals surface area contributed by atoms with E-state index < -0.39 is 12.2 Å². The van der Waals surface area contributed by atoms with E-state index in [1.807, 2.05) is 6.07 Å². The summed E-state index contributed by atoms with van der Waals surface area (Å²) in [6.07, 6.45) is -0.0768. The van der Waals surface area contributed by atoms with Crippen LogP contribution >= 0.6 is 0 Å². The molecule has 5 nitrogen and oxygen atoms in total. The number of aromatic nitrogens is 1. The molecule has 1 rings (SSSR count). The maximum atomic E-state index is 9.86. The molecule has 0 saturated carbocycles. The summed E-state index contributed by atoms with van der Waals surface area (Å²) in [7, 11) is 1.77. The summed E-state index contributed by atoms with van der Waals surface area (Å²) < 4.78 is 0. The second-order valence-corrected chi connectivity index (χ2v) is 3.46. The van der Waals surface area contributed by atoms with E-state index in [9.17, 15) is 10.2 Å². The summed E-state index contributed by atoms with van der Waals surface area (Å²) in [5.41, 5.74) is 0.520. The fourth-order valence-corrected chi connectivity index (χ4v) is 1.41. The lowest BCUT2D eigenvalue weighted by atomic mass is 10.0. The average molecular weight is 221 g/mol. The van der Waals surface area contributed by atoms with Gasteiger partial charge in [-0.2, -0.15) is 5.26 Å². The van der Waals surface area contributed by atoms with Gasteiger partial charge in [0.05, 0.1) is 6.10 Å². The Bertz CT molecular complexity index is 376. The van der Waals surface area contributed by atoms with Crippen LogP contribution in [0.4, 0.5) is 0 Å². The van der Waals surface area contributed by atoms with Gasteiger partial charge in [0, 0.05) is 11.8 Å². The van der Waals surface area contributed by atoms with Crippen molar-refractivity contribution in [1.82, 2.24) is 10.3 Å². The molecule has 1 aromatic rings. The topological polar surface area (TPSA) is 89.2 Å². The van der Waals surface area contributed by atoms with E-state index in [2.05, 4.69) is 10.3 Å². The smallest absolute Gasteiger partial charge is 0.146 e. The molecule has 0 aromatic carbocycles. The van der Waals surface area contributed by atoms with E-state index in [1.165, 1.54) is 6.20 Å². The summed E-state index contributed by atoms with van der Waals surface area (Å²) in [4.78, 5) is 3.83. The molecular weight excluding hydrogens is 206 g/mol. The molecule has 1 heterocycles. The van der Waals surface area contributed by atoms with Crippen molar-refractivity contribution in [3.05, 3.63) is 29.6 Å². The number of aliphatic hydroxyl groups excluding tert-OH is 2. The van der Waals surface area contributed by atoms with Crippen molar-refractivity contribution in [1.29, 1.82) is 5.26 Å². The van der Waals surface area contributed by atoms with Crippen LogP contribution in [0, 0.1) is 11.3 Å². The number of hydrogen-bond donors (Lipinski definition) is 3. The van der Waals surface area contributed by atoms with Gasteiger partial charge in [0.1, 0.15) is 17.9 Å². The van der Waals surface area contributed by atoms with Crippen molar-refractivity contribution in [2.75, 3.05) is 13.6 Å². The molecule has 86 valence electrons. The molecule has 0 radical (unpaired) electrons. The lowest BCUT2D eigenvalue weighted by molar-refractivity contribution is 0.0137. The third-order valence-electron chi connectivity index (χ3n) is 2.32. The van der Waals surface area contributed by atoms with Crippen LogP contribution in [0.2, 0.25) is 0 Å². The van der Waals surface area contributed by atoms with Gasteiger partial charge in [0.15, 0.2) is 0 Å². The third kappa shape index (κ3) is 3.00. The molecule has 2 atom stereocenters. The van der Waals surface area contributed by atoms with Gasteiger partial charge in [-0.25, -0.2) is 4.98 Å². The zero-order chi connectivity index (χ0) is 12.0. The molecule has 1 aromatic heterocycles. The second kappa shape index (κ2) is 6.18.